The molecular weight excluding hydrogens is 335 g/mol. The van der Waals surface area contributed by atoms with Gasteiger partial charge in [-0.05, 0) is 68.3 Å². The van der Waals surface area contributed by atoms with Crippen molar-refractivity contribution in [2.24, 2.45) is 0 Å². The molecule has 0 heterocycles. The van der Waals surface area contributed by atoms with Crippen LogP contribution in [0.2, 0.25) is 0 Å². The fourth-order valence-corrected chi connectivity index (χ4v) is 3.71. The van der Waals surface area contributed by atoms with E-state index in [9.17, 15) is 4.39 Å². The SMILES string of the molecule is CC#N.CN(CCCc1ccc(C2CCC(F)C2)cc1)Cc1ccccc1. The Morgan fingerprint density at radius 3 is 2.30 bits per heavy atom. The Morgan fingerprint density at radius 2 is 1.70 bits per heavy atom. The molecule has 0 radical (unpaired) electrons. The summed E-state index contributed by atoms with van der Waals surface area (Å²) >= 11 is 0. The van der Waals surface area contributed by atoms with Crippen molar-refractivity contribution in [3.05, 3.63) is 71.3 Å². The number of benzene rings is 2. The molecular formula is C24H31FN2. The number of rotatable bonds is 7. The molecule has 3 heteroatoms. The van der Waals surface area contributed by atoms with Gasteiger partial charge in [-0.1, -0.05) is 54.6 Å². The van der Waals surface area contributed by atoms with Crippen molar-refractivity contribution in [2.75, 3.05) is 13.6 Å². The normalized spacial score (nSPS) is 18.6. The molecule has 0 amide bonds. The molecule has 0 spiro atoms. The maximum Gasteiger partial charge on any atom is 0.101 e. The molecule has 2 unspecified atom stereocenters. The van der Waals surface area contributed by atoms with Crippen LogP contribution in [0.15, 0.2) is 54.6 Å². The number of hydrogen-bond acceptors (Lipinski definition) is 2. The Morgan fingerprint density at radius 1 is 1.04 bits per heavy atom. The number of aryl methyl sites for hydroxylation is 1. The maximum atomic E-state index is 13.3. The Hall–Kier alpha value is -2.18. The van der Waals surface area contributed by atoms with E-state index in [0.717, 1.165) is 32.4 Å². The summed E-state index contributed by atoms with van der Waals surface area (Å²) in [5.74, 6) is 0.436. The van der Waals surface area contributed by atoms with Gasteiger partial charge in [0.25, 0.3) is 0 Å². The van der Waals surface area contributed by atoms with Crippen molar-refractivity contribution in [1.29, 1.82) is 5.26 Å². The lowest BCUT2D eigenvalue weighted by Gasteiger charge is -2.16. The zero-order valence-corrected chi connectivity index (χ0v) is 16.6. The maximum absolute atomic E-state index is 13.3. The molecule has 0 N–H and O–H groups in total. The van der Waals surface area contributed by atoms with Gasteiger partial charge in [-0.25, -0.2) is 4.39 Å². The highest BCUT2D eigenvalue weighted by Gasteiger charge is 2.25. The minimum atomic E-state index is -0.588. The van der Waals surface area contributed by atoms with Crippen LogP contribution in [0, 0.1) is 11.3 Å². The molecule has 0 bridgehead atoms. The Labute approximate surface area is 163 Å². The molecule has 1 aliphatic carbocycles. The summed E-state index contributed by atoms with van der Waals surface area (Å²) in [6, 6.07) is 21.3. The minimum Gasteiger partial charge on any atom is -0.302 e. The first-order valence-corrected chi connectivity index (χ1v) is 9.88. The van der Waals surface area contributed by atoms with Crippen LogP contribution in [0.1, 0.15) is 55.2 Å². The summed E-state index contributed by atoms with van der Waals surface area (Å²) in [4.78, 5) is 2.38. The van der Waals surface area contributed by atoms with E-state index in [0.29, 0.717) is 12.3 Å². The monoisotopic (exact) mass is 366 g/mol. The smallest absolute Gasteiger partial charge is 0.101 e. The Bertz CT molecular complexity index is 691. The number of nitrogens with zero attached hydrogens (tertiary/aromatic N) is 2. The number of halogens is 1. The number of nitriles is 1. The van der Waals surface area contributed by atoms with Crippen LogP contribution in [0.3, 0.4) is 0 Å². The number of alkyl halides is 1. The summed E-state index contributed by atoms with van der Waals surface area (Å²) in [5.41, 5.74) is 4.08. The zero-order chi connectivity index (χ0) is 19.5. The average Bonchev–Trinajstić information content (AvgIpc) is 3.10. The molecule has 0 aromatic heterocycles. The van der Waals surface area contributed by atoms with E-state index < -0.39 is 6.17 Å². The number of hydrogen-bond donors (Lipinski definition) is 0. The third kappa shape index (κ3) is 7.53. The molecule has 0 saturated heterocycles. The van der Waals surface area contributed by atoms with Gasteiger partial charge in [0.1, 0.15) is 6.17 Å². The molecule has 144 valence electrons. The second kappa shape index (κ2) is 11.5. The van der Waals surface area contributed by atoms with Crippen LogP contribution >= 0.6 is 0 Å². The van der Waals surface area contributed by atoms with Crippen LogP contribution in [0.4, 0.5) is 4.39 Å². The predicted octanol–water partition coefficient (Wildman–Crippen LogP) is 5.89. The molecule has 1 fully saturated rings. The van der Waals surface area contributed by atoms with Gasteiger partial charge in [0.2, 0.25) is 0 Å². The Kier molecular flexibility index (Phi) is 9.01. The zero-order valence-electron chi connectivity index (χ0n) is 16.6. The van der Waals surface area contributed by atoms with Gasteiger partial charge >= 0.3 is 0 Å². The first-order valence-electron chi connectivity index (χ1n) is 9.88. The Balaban J connectivity index is 0.000000817. The highest BCUT2D eigenvalue weighted by atomic mass is 19.1. The lowest BCUT2D eigenvalue weighted by Crippen LogP contribution is -2.19. The predicted molar refractivity (Wildman–Crippen MR) is 110 cm³/mol. The third-order valence-corrected chi connectivity index (χ3v) is 5.12. The van der Waals surface area contributed by atoms with Gasteiger partial charge < -0.3 is 4.90 Å². The van der Waals surface area contributed by atoms with Gasteiger partial charge in [0.05, 0.1) is 6.07 Å². The van der Waals surface area contributed by atoms with Crippen LogP contribution < -0.4 is 0 Å². The quantitative estimate of drug-likeness (QED) is 0.611. The third-order valence-electron chi connectivity index (χ3n) is 5.12. The molecule has 2 aromatic carbocycles. The summed E-state index contributed by atoms with van der Waals surface area (Å²) in [6.45, 7) is 3.54. The lowest BCUT2D eigenvalue weighted by molar-refractivity contribution is 0.322. The molecule has 3 rings (SSSR count). The van der Waals surface area contributed by atoms with Gasteiger partial charge in [-0.2, -0.15) is 5.26 Å². The van der Waals surface area contributed by atoms with E-state index in [1.807, 2.05) is 0 Å². The first-order chi connectivity index (χ1) is 13.1. The first kappa shape index (κ1) is 21.1. The van der Waals surface area contributed by atoms with Crippen molar-refractivity contribution in [2.45, 2.75) is 57.7 Å². The molecule has 2 nitrogen and oxygen atoms in total. The minimum absolute atomic E-state index is 0.436. The van der Waals surface area contributed by atoms with E-state index in [2.05, 4.69) is 66.5 Å². The van der Waals surface area contributed by atoms with Crippen molar-refractivity contribution in [1.82, 2.24) is 4.90 Å². The van der Waals surface area contributed by atoms with Gasteiger partial charge in [-0.15, -0.1) is 0 Å². The summed E-state index contributed by atoms with van der Waals surface area (Å²) < 4.78 is 13.3. The molecule has 0 aliphatic heterocycles. The van der Waals surface area contributed by atoms with E-state index in [4.69, 9.17) is 5.26 Å². The van der Waals surface area contributed by atoms with Crippen LogP contribution in [-0.4, -0.2) is 24.7 Å². The topological polar surface area (TPSA) is 27.0 Å². The second-order valence-corrected chi connectivity index (χ2v) is 7.40. The van der Waals surface area contributed by atoms with Crippen molar-refractivity contribution >= 4 is 0 Å². The molecule has 1 aliphatic rings. The van der Waals surface area contributed by atoms with Gasteiger partial charge in [-0.3, -0.25) is 0 Å². The average molecular weight is 367 g/mol. The van der Waals surface area contributed by atoms with E-state index >= 15 is 0 Å². The summed E-state index contributed by atoms with van der Waals surface area (Å²) in [6.07, 6.45) is 4.14. The summed E-state index contributed by atoms with van der Waals surface area (Å²) in [5, 5.41) is 7.32. The van der Waals surface area contributed by atoms with Gasteiger partial charge in [0.15, 0.2) is 0 Å². The fraction of sp³-hybridized carbons (Fsp3) is 0.458. The second-order valence-electron chi connectivity index (χ2n) is 7.40. The van der Waals surface area contributed by atoms with Crippen molar-refractivity contribution < 1.29 is 4.39 Å². The summed E-state index contributed by atoms with van der Waals surface area (Å²) in [7, 11) is 2.18. The van der Waals surface area contributed by atoms with E-state index in [1.165, 1.54) is 30.0 Å². The lowest BCUT2D eigenvalue weighted by atomic mass is 9.96. The fourth-order valence-electron chi connectivity index (χ4n) is 3.71. The molecule has 27 heavy (non-hydrogen) atoms. The molecule has 2 atom stereocenters. The van der Waals surface area contributed by atoms with E-state index in [1.54, 1.807) is 6.07 Å². The molecule has 1 saturated carbocycles. The van der Waals surface area contributed by atoms with Crippen molar-refractivity contribution in [3.8, 4) is 6.07 Å². The highest BCUT2D eigenvalue weighted by Crippen LogP contribution is 2.36. The molecule has 2 aromatic rings. The van der Waals surface area contributed by atoms with Crippen LogP contribution in [0.25, 0.3) is 0 Å². The standard InChI is InChI=1S/C22H28FN.C2H3N/c1-24(17-19-6-3-2-4-7-19)15-5-8-18-9-11-20(12-10-18)21-13-14-22(23)16-21;1-2-3/h2-4,6-7,9-12,21-22H,5,8,13-17H2,1H3;1H3. The van der Waals surface area contributed by atoms with Crippen LogP contribution in [0.5, 0.6) is 0 Å². The highest BCUT2D eigenvalue weighted by molar-refractivity contribution is 5.26. The van der Waals surface area contributed by atoms with Gasteiger partial charge in [0, 0.05) is 13.5 Å². The van der Waals surface area contributed by atoms with E-state index in [-0.39, 0.29) is 0 Å². The largest absolute Gasteiger partial charge is 0.302 e. The van der Waals surface area contributed by atoms with Crippen molar-refractivity contribution in [3.63, 3.8) is 0 Å². The van der Waals surface area contributed by atoms with Crippen LogP contribution in [-0.2, 0) is 13.0 Å².